The summed E-state index contributed by atoms with van der Waals surface area (Å²) >= 11 is 0. The van der Waals surface area contributed by atoms with Gasteiger partial charge in [-0.3, -0.25) is 10.1 Å². The summed E-state index contributed by atoms with van der Waals surface area (Å²) in [7, 11) is 0. The fourth-order valence-corrected chi connectivity index (χ4v) is 1.92. The van der Waals surface area contributed by atoms with Crippen molar-refractivity contribution in [2.75, 3.05) is 6.54 Å². The topological polar surface area (TPSA) is 67.2 Å². The number of hydrogen-bond donors (Lipinski definition) is 1. The molecule has 92 valence electrons. The maximum absolute atomic E-state index is 11.6. The summed E-state index contributed by atoms with van der Waals surface area (Å²) in [6.07, 6.45) is 3.58. The molecule has 1 aromatic rings. The number of carbonyl (C=O) groups excluding carboxylic acids is 2. The first-order valence-corrected chi connectivity index (χ1v) is 5.53. The standard InChI is InChI=1S/C11H16N4O2/c1-8-12-4-5-14(8)6-7-15-10(17)13-9(16)11(15,2)3/h4-5H,6-7H2,1-3H3,(H,13,16,17). The highest BCUT2D eigenvalue weighted by molar-refractivity contribution is 6.06. The number of hydrogen-bond acceptors (Lipinski definition) is 3. The highest BCUT2D eigenvalue weighted by Gasteiger charge is 2.45. The Morgan fingerprint density at radius 3 is 2.53 bits per heavy atom. The van der Waals surface area contributed by atoms with E-state index in [1.165, 1.54) is 0 Å². The van der Waals surface area contributed by atoms with Crippen molar-refractivity contribution in [1.29, 1.82) is 0 Å². The van der Waals surface area contributed by atoms with Gasteiger partial charge in [0.25, 0.3) is 5.91 Å². The van der Waals surface area contributed by atoms with Crippen molar-refractivity contribution in [3.8, 4) is 0 Å². The van der Waals surface area contributed by atoms with Gasteiger partial charge in [-0.2, -0.15) is 0 Å². The van der Waals surface area contributed by atoms with E-state index in [9.17, 15) is 9.59 Å². The zero-order valence-electron chi connectivity index (χ0n) is 10.2. The normalized spacial score (nSPS) is 18.6. The molecule has 1 aromatic heterocycles. The first-order chi connectivity index (χ1) is 7.93. The van der Waals surface area contributed by atoms with Crippen molar-refractivity contribution in [2.24, 2.45) is 0 Å². The van der Waals surface area contributed by atoms with Crippen LogP contribution in [0.25, 0.3) is 0 Å². The third kappa shape index (κ3) is 1.90. The zero-order chi connectivity index (χ0) is 12.6. The number of imidazole rings is 1. The maximum Gasteiger partial charge on any atom is 0.325 e. The molecule has 0 saturated carbocycles. The van der Waals surface area contributed by atoms with Crippen LogP contribution >= 0.6 is 0 Å². The van der Waals surface area contributed by atoms with Crippen LogP contribution < -0.4 is 5.32 Å². The first kappa shape index (κ1) is 11.6. The van der Waals surface area contributed by atoms with Crippen LogP contribution in [0.5, 0.6) is 0 Å². The Labute approximate surface area is 99.6 Å². The Morgan fingerprint density at radius 1 is 1.35 bits per heavy atom. The Bertz CT molecular complexity index is 464. The average molecular weight is 236 g/mol. The number of carbonyl (C=O) groups is 2. The van der Waals surface area contributed by atoms with E-state index in [1.54, 1.807) is 24.9 Å². The molecule has 0 unspecified atom stereocenters. The molecule has 6 heteroatoms. The van der Waals surface area contributed by atoms with Crippen molar-refractivity contribution < 1.29 is 9.59 Å². The number of urea groups is 1. The summed E-state index contributed by atoms with van der Waals surface area (Å²) in [6.45, 7) is 6.51. The molecule has 1 fully saturated rings. The van der Waals surface area contributed by atoms with Crippen molar-refractivity contribution in [1.82, 2.24) is 19.8 Å². The predicted octanol–water partition coefficient (Wildman–Crippen LogP) is 0.522. The molecule has 0 spiro atoms. The Balaban J connectivity index is 2.07. The highest BCUT2D eigenvalue weighted by atomic mass is 16.2. The molecule has 2 rings (SSSR count). The molecular formula is C11H16N4O2. The van der Waals surface area contributed by atoms with Crippen molar-refractivity contribution in [2.45, 2.75) is 32.9 Å². The van der Waals surface area contributed by atoms with E-state index in [4.69, 9.17) is 0 Å². The Kier molecular flexibility index (Phi) is 2.65. The second kappa shape index (κ2) is 3.87. The van der Waals surface area contributed by atoms with E-state index in [0.29, 0.717) is 13.1 Å². The maximum atomic E-state index is 11.6. The molecule has 2 heterocycles. The lowest BCUT2D eigenvalue weighted by molar-refractivity contribution is -0.125. The molecule has 1 aliphatic heterocycles. The van der Waals surface area contributed by atoms with Gasteiger partial charge in [0.2, 0.25) is 0 Å². The summed E-state index contributed by atoms with van der Waals surface area (Å²) in [5, 5.41) is 2.33. The number of nitrogens with zero attached hydrogens (tertiary/aromatic N) is 3. The molecule has 6 nitrogen and oxygen atoms in total. The van der Waals surface area contributed by atoms with Gasteiger partial charge in [0.15, 0.2) is 0 Å². The molecule has 1 N–H and O–H groups in total. The molecule has 1 aliphatic rings. The molecule has 0 aromatic carbocycles. The Morgan fingerprint density at radius 2 is 2.06 bits per heavy atom. The smallest absolute Gasteiger partial charge is 0.325 e. The number of rotatable bonds is 3. The minimum atomic E-state index is -0.772. The largest absolute Gasteiger partial charge is 0.333 e. The van der Waals surface area contributed by atoms with Crippen LogP contribution in [0.2, 0.25) is 0 Å². The zero-order valence-corrected chi connectivity index (χ0v) is 10.2. The molecule has 3 amide bonds. The monoisotopic (exact) mass is 236 g/mol. The van der Waals surface area contributed by atoms with Gasteiger partial charge in [0, 0.05) is 25.5 Å². The number of aryl methyl sites for hydroxylation is 1. The highest BCUT2D eigenvalue weighted by Crippen LogP contribution is 2.20. The van der Waals surface area contributed by atoms with Gasteiger partial charge in [-0.05, 0) is 20.8 Å². The van der Waals surface area contributed by atoms with Gasteiger partial charge in [-0.25, -0.2) is 9.78 Å². The first-order valence-electron chi connectivity index (χ1n) is 5.53. The minimum Gasteiger partial charge on any atom is -0.333 e. The van der Waals surface area contributed by atoms with Crippen molar-refractivity contribution in [3.05, 3.63) is 18.2 Å². The van der Waals surface area contributed by atoms with E-state index < -0.39 is 5.54 Å². The molecule has 0 bridgehead atoms. The van der Waals surface area contributed by atoms with Crippen LogP contribution in [0.4, 0.5) is 4.79 Å². The molecule has 1 saturated heterocycles. The van der Waals surface area contributed by atoms with Crippen molar-refractivity contribution in [3.63, 3.8) is 0 Å². The van der Waals surface area contributed by atoms with Crippen molar-refractivity contribution >= 4 is 11.9 Å². The van der Waals surface area contributed by atoms with Crippen LogP contribution in [-0.2, 0) is 11.3 Å². The fraction of sp³-hybridized carbons (Fsp3) is 0.545. The van der Waals surface area contributed by atoms with Gasteiger partial charge in [-0.1, -0.05) is 0 Å². The van der Waals surface area contributed by atoms with Crippen LogP contribution in [0, 0.1) is 6.92 Å². The summed E-state index contributed by atoms with van der Waals surface area (Å²) in [5.41, 5.74) is -0.772. The minimum absolute atomic E-state index is 0.246. The molecule has 0 aliphatic carbocycles. The number of aromatic nitrogens is 2. The van der Waals surface area contributed by atoms with Gasteiger partial charge in [0.05, 0.1) is 0 Å². The predicted molar refractivity (Wildman–Crippen MR) is 61.3 cm³/mol. The summed E-state index contributed by atoms with van der Waals surface area (Å²) in [6, 6.07) is -0.322. The lowest BCUT2D eigenvalue weighted by atomic mass is 10.0. The van der Waals surface area contributed by atoms with Gasteiger partial charge in [0.1, 0.15) is 11.4 Å². The summed E-state index contributed by atoms with van der Waals surface area (Å²) < 4.78 is 1.95. The van der Waals surface area contributed by atoms with Crippen LogP contribution in [0.3, 0.4) is 0 Å². The van der Waals surface area contributed by atoms with Crippen LogP contribution in [0.1, 0.15) is 19.7 Å². The summed E-state index contributed by atoms with van der Waals surface area (Å²) in [5.74, 6) is 0.651. The Hall–Kier alpha value is -1.85. The van der Waals surface area contributed by atoms with E-state index in [2.05, 4.69) is 10.3 Å². The second-order valence-electron chi connectivity index (χ2n) is 4.64. The van der Waals surface area contributed by atoms with Crippen LogP contribution in [-0.4, -0.2) is 38.5 Å². The van der Waals surface area contributed by atoms with Gasteiger partial charge < -0.3 is 9.47 Å². The lowest BCUT2D eigenvalue weighted by Gasteiger charge is -2.28. The van der Waals surface area contributed by atoms with Gasteiger partial charge in [-0.15, -0.1) is 0 Å². The fourth-order valence-electron chi connectivity index (χ4n) is 1.92. The third-order valence-electron chi connectivity index (χ3n) is 3.18. The van der Waals surface area contributed by atoms with E-state index in [-0.39, 0.29) is 11.9 Å². The third-order valence-corrected chi connectivity index (χ3v) is 3.18. The number of amides is 3. The SMILES string of the molecule is Cc1nccn1CCN1C(=O)NC(=O)C1(C)C. The molecule has 17 heavy (non-hydrogen) atoms. The number of nitrogens with one attached hydrogen (secondary N) is 1. The van der Waals surface area contributed by atoms with E-state index in [0.717, 1.165) is 5.82 Å². The molecular weight excluding hydrogens is 220 g/mol. The molecule has 0 radical (unpaired) electrons. The van der Waals surface area contributed by atoms with Crippen LogP contribution in [0.15, 0.2) is 12.4 Å². The quantitative estimate of drug-likeness (QED) is 0.778. The number of imide groups is 1. The lowest BCUT2D eigenvalue weighted by Crippen LogP contribution is -2.45. The average Bonchev–Trinajstić information content (AvgIpc) is 2.70. The molecule has 0 atom stereocenters. The summed E-state index contributed by atoms with van der Waals surface area (Å²) in [4.78, 5) is 28.8. The van der Waals surface area contributed by atoms with E-state index >= 15 is 0 Å². The van der Waals surface area contributed by atoms with E-state index in [1.807, 2.05) is 17.7 Å². The second-order valence-corrected chi connectivity index (χ2v) is 4.64. The van der Waals surface area contributed by atoms with Gasteiger partial charge >= 0.3 is 6.03 Å².